The van der Waals surface area contributed by atoms with Crippen molar-refractivity contribution in [2.24, 2.45) is 0 Å². The smallest absolute Gasteiger partial charge is 0.355 e. The van der Waals surface area contributed by atoms with E-state index in [1.165, 1.54) is 0 Å². The summed E-state index contributed by atoms with van der Waals surface area (Å²) in [4.78, 5) is 27.1. The first-order valence-corrected chi connectivity index (χ1v) is 8.08. The van der Waals surface area contributed by atoms with Crippen LogP contribution in [0.2, 0.25) is 10.0 Å². The summed E-state index contributed by atoms with van der Waals surface area (Å²) in [6.07, 6.45) is 0. The third-order valence-electron chi connectivity index (χ3n) is 3.50. The third kappa shape index (κ3) is 3.91. The molecule has 2 aromatic rings. The van der Waals surface area contributed by atoms with E-state index in [2.05, 4.69) is 4.98 Å². The molecule has 0 spiro atoms. The van der Waals surface area contributed by atoms with E-state index in [0.717, 1.165) is 0 Å². The second-order valence-electron chi connectivity index (χ2n) is 5.16. The molecule has 0 aliphatic rings. The standard InChI is InChI=1S/C17H17Cl2NO4/c1-4-23-17(22)15-9(2)14(10(3)20-15)16(21)24-8-11-5-6-12(18)7-13(11)19/h5-7,20H,4,8H2,1-3H3. The number of halogens is 2. The minimum absolute atomic E-state index is 0.00757. The molecule has 1 N–H and O–H groups in total. The number of aryl methyl sites for hydroxylation is 1. The number of carbonyl (C=O) groups is 2. The van der Waals surface area contributed by atoms with E-state index >= 15 is 0 Å². The van der Waals surface area contributed by atoms with Gasteiger partial charge in [0, 0.05) is 21.3 Å². The average molecular weight is 370 g/mol. The van der Waals surface area contributed by atoms with E-state index in [9.17, 15) is 9.59 Å². The summed E-state index contributed by atoms with van der Waals surface area (Å²) in [5.74, 6) is -1.04. The van der Waals surface area contributed by atoms with Gasteiger partial charge in [-0.3, -0.25) is 0 Å². The van der Waals surface area contributed by atoms with Crippen LogP contribution in [0.5, 0.6) is 0 Å². The number of H-pyrrole nitrogens is 1. The average Bonchev–Trinajstić information content (AvgIpc) is 2.81. The highest BCUT2D eigenvalue weighted by molar-refractivity contribution is 6.35. The number of carbonyl (C=O) groups excluding carboxylic acids is 2. The van der Waals surface area contributed by atoms with E-state index in [4.69, 9.17) is 32.7 Å². The first-order valence-electron chi connectivity index (χ1n) is 7.32. The van der Waals surface area contributed by atoms with Gasteiger partial charge in [-0.15, -0.1) is 0 Å². The van der Waals surface area contributed by atoms with Gasteiger partial charge in [-0.2, -0.15) is 0 Å². The summed E-state index contributed by atoms with van der Waals surface area (Å²) in [6, 6.07) is 4.94. The summed E-state index contributed by atoms with van der Waals surface area (Å²) in [6.45, 7) is 5.34. The van der Waals surface area contributed by atoms with E-state index in [1.54, 1.807) is 39.0 Å². The molecule has 128 valence electrons. The van der Waals surface area contributed by atoms with Gasteiger partial charge >= 0.3 is 11.9 Å². The molecule has 0 aliphatic heterocycles. The summed E-state index contributed by atoms with van der Waals surface area (Å²) in [7, 11) is 0. The maximum absolute atomic E-state index is 12.4. The van der Waals surface area contributed by atoms with Gasteiger partial charge in [0.25, 0.3) is 0 Å². The number of nitrogens with one attached hydrogen (secondary N) is 1. The van der Waals surface area contributed by atoms with Crippen molar-refractivity contribution in [1.82, 2.24) is 4.98 Å². The second-order valence-corrected chi connectivity index (χ2v) is 6.00. The number of esters is 2. The Morgan fingerprint density at radius 3 is 2.46 bits per heavy atom. The molecule has 1 heterocycles. The third-order valence-corrected chi connectivity index (χ3v) is 4.08. The van der Waals surface area contributed by atoms with Crippen molar-refractivity contribution in [2.75, 3.05) is 6.61 Å². The zero-order valence-electron chi connectivity index (χ0n) is 13.5. The van der Waals surface area contributed by atoms with Gasteiger partial charge in [0.2, 0.25) is 0 Å². The number of ether oxygens (including phenoxy) is 2. The molecular weight excluding hydrogens is 353 g/mol. The SMILES string of the molecule is CCOC(=O)c1[nH]c(C)c(C(=O)OCc2ccc(Cl)cc2Cl)c1C. The maximum Gasteiger partial charge on any atom is 0.355 e. The van der Waals surface area contributed by atoms with Crippen LogP contribution in [0.25, 0.3) is 0 Å². The molecule has 0 saturated carbocycles. The highest BCUT2D eigenvalue weighted by atomic mass is 35.5. The van der Waals surface area contributed by atoms with Gasteiger partial charge in [0.15, 0.2) is 0 Å². The van der Waals surface area contributed by atoms with Crippen molar-refractivity contribution in [2.45, 2.75) is 27.4 Å². The van der Waals surface area contributed by atoms with Crippen molar-refractivity contribution in [3.05, 3.63) is 56.3 Å². The van der Waals surface area contributed by atoms with E-state index in [1.807, 2.05) is 0 Å². The molecule has 0 aliphatic carbocycles. The summed E-state index contributed by atoms with van der Waals surface area (Å²) in [5, 5.41) is 0.927. The van der Waals surface area contributed by atoms with Crippen LogP contribution in [0.4, 0.5) is 0 Å². The monoisotopic (exact) mass is 369 g/mol. The van der Waals surface area contributed by atoms with Crippen LogP contribution >= 0.6 is 23.2 Å². The van der Waals surface area contributed by atoms with Crippen molar-refractivity contribution in [3.63, 3.8) is 0 Å². The fraction of sp³-hybridized carbons (Fsp3) is 0.294. The fourth-order valence-electron chi connectivity index (χ4n) is 2.32. The molecule has 0 bridgehead atoms. The highest BCUT2D eigenvalue weighted by Crippen LogP contribution is 2.24. The van der Waals surface area contributed by atoms with E-state index in [-0.39, 0.29) is 18.9 Å². The Kier molecular flexibility index (Phi) is 5.91. The normalized spacial score (nSPS) is 10.5. The Morgan fingerprint density at radius 2 is 1.83 bits per heavy atom. The summed E-state index contributed by atoms with van der Waals surface area (Å²) in [5.41, 5.74) is 2.26. The molecule has 0 atom stereocenters. The minimum Gasteiger partial charge on any atom is -0.461 e. The van der Waals surface area contributed by atoms with Crippen molar-refractivity contribution in [1.29, 1.82) is 0 Å². The number of hydrogen-bond acceptors (Lipinski definition) is 4. The van der Waals surface area contributed by atoms with Gasteiger partial charge in [0.1, 0.15) is 12.3 Å². The summed E-state index contributed by atoms with van der Waals surface area (Å²) >= 11 is 11.9. The number of aromatic amines is 1. The lowest BCUT2D eigenvalue weighted by Gasteiger charge is -2.07. The molecule has 0 radical (unpaired) electrons. The van der Waals surface area contributed by atoms with Gasteiger partial charge in [0.05, 0.1) is 12.2 Å². The highest BCUT2D eigenvalue weighted by Gasteiger charge is 2.23. The van der Waals surface area contributed by atoms with Crippen LogP contribution < -0.4 is 0 Å². The maximum atomic E-state index is 12.4. The molecule has 0 fully saturated rings. The van der Waals surface area contributed by atoms with Crippen LogP contribution in [0.1, 0.15) is 44.6 Å². The van der Waals surface area contributed by atoms with Gasteiger partial charge in [-0.1, -0.05) is 29.3 Å². The Morgan fingerprint density at radius 1 is 1.12 bits per heavy atom. The Balaban J connectivity index is 2.16. The number of hydrogen-bond donors (Lipinski definition) is 1. The van der Waals surface area contributed by atoms with Crippen LogP contribution in [0, 0.1) is 13.8 Å². The minimum atomic E-state index is -0.539. The molecule has 0 unspecified atom stereocenters. The lowest BCUT2D eigenvalue weighted by Crippen LogP contribution is -2.09. The molecule has 0 amide bonds. The van der Waals surface area contributed by atoms with Gasteiger partial charge in [-0.25, -0.2) is 9.59 Å². The zero-order chi connectivity index (χ0) is 17.9. The van der Waals surface area contributed by atoms with E-state index in [0.29, 0.717) is 32.4 Å². The van der Waals surface area contributed by atoms with Gasteiger partial charge < -0.3 is 14.5 Å². The van der Waals surface area contributed by atoms with Crippen molar-refractivity contribution < 1.29 is 19.1 Å². The lowest BCUT2D eigenvalue weighted by molar-refractivity contribution is 0.0471. The number of aromatic nitrogens is 1. The van der Waals surface area contributed by atoms with Crippen molar-refractivity contribution >= 4 is 35.1 Å². The van der Waals surface area contributed by atoms with Crippen molar-refractivity contribution in [3.8, 4) is 0 Å². The number of benzene rings is 1. The Labute approximate surface area is 149 Å². The van der Waals surface area contributed by atoms with Crippen LogP contribution in [-0.4, -0.2) is 23.5 Å². The Hall–Kier alpha value is -1.98. The van der Waals surface area contributed by atoms with E-state index < -0.39 is 11.9 Å². The van der Waals surface area contributed by atoms with Crippen LogP contribution in [0.3, 0.4) is 0 Å². The zero-order valence-corrected chi connectivity index (χ0v) is 15.0. The lowest BCUT2D eigenvalue weighted by atomic mass is 10.1. The molecule has 1 aromatic heterocycles. The first kappa shape index (κ1) is 18.4. The fourth-order valence-corrected chi connectivity index (χ4v) is 2.78. The molecule has 24 heavy (non-hydrogen) atoms. The quantitative estimate of drug-likeness (QED) is 0.789. The molecule has 1 aromatic carbocycles. The number of rotatable bonds is 5. The molecule has 7 heteroatoms. The largest absolute Gasteiger partial charge is 0.461 e. The predicted molar refractivity (Wildman–Crippen MR) is 91.8 cm³/mol. The summed E-state index contributed by atoms with van der Waals surface area (Å²) < 4.78 is 10.3. The first-order chi connectivity index (χ1) is 11.3. The Bertz CT molecular complexity index is 783. The van der Waals surface area contributed by atoms with Crippen LogP contribution in [0.15, 0.2) is 18.2 Å². The predicted octanol–water partition coefficient (Wildman–Crippen LogP) is 4.47. The van der Waals surface area contributed by atoms with Gasteiger partial charge in [-0.05, 0) is 38.5 Å². The molecule has 2 rings (SSSR count). The van der Waals surface area contributed by atoms with Crippen LogP contribution in [-0.2, 0) is 16.1 Å². The molecule has 5 nitrogen and oxygen atoms in total. The topological polar surface area (TPSA) is 68.4 Å². The second kappa shape index (κ2) is 7.73. The molecule has 0 saturated heterocycles. The molecular formula is C17H17Cl2NO4.